The van der Waals surface area contributed by atoms with Crippen molar-refractivity contribution in [3.63, 3.8) is 0 Å². The summed E-state index contributed by atoms with van der Waals surface area (Å²) >= 11 is 0. The van der Waals surface area contributed by atoms with E-state index in [1.165, 1.54) is 11.1 Å². The van der Waals surface area contributed by atoms with E-state index in [4.69, 9.17) is 14.7 Å². The third-order valence-electron chi connectivity index (χ3n) is 9.00. The maximum Gasteiger partial charge on any atom is 2.00 e. The van der Waals surface area contributed by atoms with Crippen LogP contribution in [0.15, 0.2) is 122 Å². The molecule has 3 nitrogen and oxygen atoms in total. The van der Waals surface area contributed by atoms with E-state index in [-0.39, 0.29) is 31.9 Å². The molecule has 0 atom stereocenters. The molecule has 0 amide bonds. The predicted molar refractivity (Wildman–Crippen MR) is 186 cm³/mol. The van der Waals surface area contributed by atoms with Gasteiger partial charge in [-0.05, 0) is 57.6 Å². The maximum atomic E-state index is 6.79. The quantitative estimate of drug-likeness (QED) is 0.167. The maximum absolute atomic E-state index is 6.79. The van der Waals surface area contributed by atoms with E-state index in [2.05, 4.69) is 126 Å². The molecule has 236 valence electrons. The van der Waals surface area contributed by atoms with E-state index < -0.39 is 5.41 Å². The molecular weight excluding hydrogens is 756 g/mol. The molecule has 7 rings (SSSR count). The fourth-order valence-electron chi connectivity index (χ4n) is 6.46. The van der Waals surface area contributed by atoms with E-state index in [1.54, 1.807) is 0 Å². The molecule has 4 aromatic carbocycles. The summed E-state index contributed by atoms with van der Waals surface area (Å²) in [4.78, 5) is 9.39. The van der Waals surface area contributed by atoms with Gasteiger partial charge in [-0.15, -0.1) is 70.8 Å². The van der Waals surface area contributed by atoms with Crippen molar-refractivity contribution < 1.29 is 25.8 Å². The molecule has 3 heterocycles. The van der Waals surface area contributed by atoms with Crippen LogP contribution in [0.2, 0.25) is 0 Å². The van der Waals surface area contributed by atoms with Crippen LogP contribution in [-0.2, 0) is 37.3 Å². The number of nitrogens with zero attached hydrogens (tertiary/aromatic N) is 2. The summed E-state index contributed by atoms with van der Waals surface area (Å²) in [5, 5.41) is 0. The number of fused-ring (bicyclic) bond motifs is 2. The second-order valence-electron chi connectivity index (χ2n) is 14.2. The summed E-state index contributed by atoms with van der Waals surface area (Å²) < 4.78 is 6.79. The van der Waals surface area contributed by atoms with Gasteiger partial charge in [0, 0.05) is 28.9 Å². The first-order valence-electron chi connectivity index (χ1n) is 15.9. The van der Waals surface area contributed by atoms with Crippen LogP contribution < -0.4 is 4.74 Å². The Morgan fingerprint density at radius 3 is 1.36 bits per heavy atom. The van der Waals surface area contributed by atoms with E-state index in [9.17, 15) is 0 Å². The third kappa shape index (κ3) is 5.87. The SMILES string of the molecule is CC(C)(C)c1ccc2c(c1)C(c1[c-]c(-c3ccccn3)ccc1)(c1[c-]c(-c3ccccn3)ccc1)c1cc(C(C)(C)C)ccc1O2.[Pt+2]. The van der Waals surface area contributed by atoms with Crippen molar-refractivity contribution in [1.29, 1.82) is 0 Å². The van der Waals surface area contributed by atoms with Gasteiger partial charge in [-0.2, -0.15) is 0 Å². The van der Waals surface area contributed by atoms with Crippen LogP contribution in [0.5, 0.6) is 11.5 Å². The van der Waals surface area contributed by atoms with Crippen molar-refractivity contribution in [2.75, 3.05) is 0 Å². The molecule has 0 unspecified atom stereocenters. The molecule has 0 N–H and O–H groups in total. The van der Waals surface area contributed by atoms with Gasteiger partial charge in [0.2, 0.25) is 0 Å². The second kappa shape index (κ2) is 12.4. The average molecular weight is 794 g/mol. The van der Waals surface area contributed by atoms with Gasteiger partial charge in [0.15, 0.2) is 0 Å². The third-order valence-corrected chi connectivity index (χ3v) is 9.00. The fourth-order valence-corrected chi connectivity index (χ4v) is 6.46. The molecule has 0 spiro atoms. The zero-order valence-corrected chi connectivity index (χ0v) is 29.9. The van der Waals surface area contributed by atoms with Crippen LogP contribution in [0.25, 0.3) is 22.5 Å². The van der Waals surface area contributed by atoms with Crippen LogP contribution in [-0.4, -0.2) is 9.97 Å². The Kier molecular flexibility index (Phi) is 8.57. The number of aromatic nitrogens is 2. The Balaban J connectivity index is 0.00000386. The Labute approximate surface area is 293 Å². The van der Waals surface area contributed by atoms with Crippen molar-refractivity contribution in [2.45, 2.75) is 57.8 Å². The van der Waals surface area contributed by atoms with Crippen LogP contribution in [0, 0.1) is 12.1 Å². The molecule has 0 aliphatic carbocycles. The minimum absolute atomic E-state index is 0. The van der Waals surface area contributed by atoms with Crippen LogP contribution >= 0.6 is 0 Å². The average Bonchev–Trinajstić information content (AvgIpc) is 3.07. The van der Waals surface area contributed by atoms with Gasteiger partial charge in [-0.25, -0.2) is 0 Å². The Hall–Kier alpha value is -4.33. The van der Waals surface area contributed by atoms with Gasteiger partial charge < -0.3 is 14.7 Å². The van der Waals surface area contributed by atoms with Crippen molar-refractivity contribution in [2.24, 2.45) is 0 Å². The summed E-state index contributed by atoms with van der Waals surface area (Å²) in [6.45, 7) is 13.5. The molecule has 6 aromatic rings. The minimum atomic E-state index is -0.805. The van der Waals surface area contributed by atoms with Crippen molar-refractivity contribution in [3.05, 3.63) is 167 Å². The van der Waals surface area contributed by atoms with Gasteiger partial charge in [0.25, 0.3) is 0 Å². The Bertz CT molecular complexity index is 1890. The standard InChI is InChI=1S/C43H38N2O.Pt/c1-41(2,3)31-19-21-39-35(27-31)43(36-28-32(42(4,5)6)20-22-40(36)46-39,33-15-11-13-29(25-33)37-17-7-9-23-44-37)34-16-12-14-30(26-34)38-18-8-10-24-45-38;/h7-24,27-28H,1-6H3;/q-2;+2. The molecular formula is C43H38N2OPt. The summed E-state index contributed by atoms with van der Waals surface area (Å²) in [6.07, 6.45) is 3.67. The molecule has 0 bridgehead atoms. The predicted octanol–water partition coefficient (Wildman–Crippen LogP) is 10.5. The van der Waals surface area contributed by atoms with Crippen molar-refractivity contribution in [1.82, 2.24) is 9.97 Å². The first-order valence-corrected chi connectivity index (χ1v) is 15.9. The number of pyridine rings is 2. The largest absolute Gasteiger partial charge is 2.00 e. The minimum Gasteiger partial charge on any atom is -0.457 e. The van der Waals surface area contributed by atoms with E-state index in [0.717, 1.165) is 56.3 Å². The van der Waals surface area contributed by atoms with Gasteiger partial charge in [0.05, 0.1) is 0 Å². The van der Waals surface area contributed by atoms with Gasteiger partial charge in [0.1, 0.15) is 11.5 Å². The van der Waals surface area contributed by atoms with Crippen LogP contribution in [0.1, 0.15) is 74.9 Å². The molecule has 2 aromatic heterocycles. The van der Waals surface area contributed by atoms with E-state index >= 15 is 0 Å². The number of hydrogen-bond donors (Lipinski definition) is 0. The first kappa shape index (κ1) is 32.6. The summed E-state index contributed by atoms with van der Waals surface area (Å²) in [6, 6.07) is 45.9. The van der Waals surface area contributed by atoms with Crippen LogP contribution in [0.3, 0.4) is 0 Å². The monoisotopic (exact) mass is 793 g/mol. The van der Waals surface area contributed by atoms with E-state index in [1.807, 2.05) is 48.8 Å². The number of ether oxygens (including phenoxy) is 1. The zero-order valence-electron chi connectivity index (χ0n) is 27.7. The second-order valence-corrected chi connectivity index (χ2v) is 14.2. The number of benzene rings is 4. The molecule has 1 aliphatic rings. The Morgan fingerprint density at radius 2 is 0.979 bits per heavy atom. The Morgan fingerprint density at radius 1 is 0.532 bits per heavy atom. The number of hydrogen-bond acceptors (Lipinski definition) is 3. The summed E-state index contributed by atoms with van der Waals surface area (Å²) in [5.74, 6) is 1.66. The first-order chi connectivity index (χ1) is 22.0. The molecule has 1 aliphatic heterocycles. The van der Waals surface area contributed by atoms with Gasteiger partial charge in [-0.3, -0.25) is 0 Å². The van der Waals surface area contributed by atoms with Crippen LogP contribution in [0.4, 0.5) is 0 Å². The van der Waals surface area contributed by atoms with Gasteiger partial charge in [-0.1, -0.05) is 90.1 Å². The number of rotatable bonds is 4. The normalized spacial score (nSPS) is 13.5. The zero-order chi connectivity index (χ0) is 32.1. The summed E-state index contributed by atoms with van der Waals surface area (Å²) in [5.41, 5.74) is 9.30. The molecule has 0 fully saturated rings. The molecule has 47 heavy (non-hydrogen) atoms. The summed E-state index contributed by atoms with van der Waals surface area (Å²) in [7, 11) is 0. The van der Waals surface area contributed by atoms with E-state index in [0.29, 0.717) is 0 Å². The van der Waals surface area contributed by atoms with Crippen molar-refractivity contribution >= 4 is 0 Å². The topological polar surface area (TPSA) is 35.0 Å². The smallest absolute Gasteiger partial charge is 0.457 e. The fraction of sp³-hybridized carbons (Fsp3) is 0.209. The van der Waals surface area contributed by atoms with Gasteiger partial charge >= 0.3 is 21.1 Å². The van der Waals surface area contributed by atoms with Crippen molar-refractivity contribution in [3.8, 4) is 34.0 Å². The molecule has 0 saturated carbocycles. The molecule has 0 radical (unpaired) electrons. The molecule has 0 saturated heterocycles. The molecule has 4 heteroatoms.